The zero-order valence-electron chi connectivity index (χ0n) is 12.7. The Morgan fingerprint density at radius 2 is 2.05 bits per heavy atom. The molecule has 0 radical (unpaired) electrons. The van der Waals surface area contributed by atoms with E-state index in [-0.39, 0.29) is 0 Å². The lowest BCUT2D eigenvalue weighted by Gasteiger charge is -2.19. The third-order valence-electron chi connectivity index (χ3n) is 3.73. The summed E-state index contributed by atoms with van der Waals surface area (Å²) in [5.74, 6) is 1.46. The number of nitrogens with two attached hydrogens (primary N) is 1. The van der Waals surface area contributed by atoms with Gasteiger partial charge in [-0.3, -0.25) is 0 Å². The summed E-state index contributed by atoms with van der Waals surface area (Å²) in [6.07, 6.45) is 5.65. The van der Waals surface area contributed by atoms with Crippen molar-refractivity contribution in [3.8, 4) is 0 Å². The summed E-state index contributed by atoms with van der Waals surface area (Å²) in [5.41, 5.74) is 8.75. The SMILES string of the molecule is CC(C)c1nc2cc(N)ccc2n1C(C)Cn1ccnc1. The van der Waals surface area contributed by atoms with Gasteiger partial charge in [-0.25, -0.2) is 9.97 Å². The monoisotopic (exact) mass is 283 g/mol. The number of fused-ring (bicyclic) bond motifs is 1. The van der Waals surface area contributed by atoms with Crippen molar-refractivity contribution in [1.82, 2.24) is 19.1 Å². The first-order valence-corrected chi connectivity index (χ1v) is 7.29. The minimum absolute atomic E-state index is 0.297. The van der Waals surface area contributed by atoms with Crippen molar-refractivity contribution in [2.45, 2.75) is 39.3 Å². The average molecular weight is 283 g/mol. The van der Waals surface area contributed by atoms with Crippen LogP contribution in [0, 0.1) is 0 Å². The fraction of sp³-hybridized carbons (Fsp3) is 0.375. The Hall–Kier alpha value is -2.30. The van der Waals surface area contributed by atoms with Gasteiger partial charge in [0.2, 0.25) is 0 Å². The Balaban J connectivity index is 2.08. The number of aromatic nitrogens is 4. The number of anilines is 1. The zero-order chi connectivity index (χ0) is 15.0. The van der Waals surface area contributed by atoms with Crippen molar-refractivity contribution in [2.24, 2.45) is 0 Å². The van der Waals surface area contributed by atoms with Crippen LogP contribution in [0.1, 0.15) is 38.6 Å². The molecule has 1 aromatic carbocycles. The second-order valence-corrected chi connectivity index (χ2v) is 5.85. The second-order valence-electron chi connectivity index (χ2n) is 5.85. The van der Waals surface area contributed by atoms with Gasteiger partial charge in [0, 0.05) is 30.5 Å². The standard InChI is InChI=1S/C16H21N5/c1-11(2)16-19-14-8-13(17)4-5-15(14)21(16)12(3)9-20-7-6-18-10-20/h4-8,10-12H,9,17H2,1-3H3. The fourth-order valence-corrected chi connectivity index (χ4v) is 2.79. The maximum Gasteiger partial charge on any atom is 0.112 e. The topological polar surface area (TPSA) is 61.7 Å². The van der Waals surface area contributed by atoms with Gasteiger partial charge in [-0.15, -0.1) is 0 Å². The van der Waals surface area contributed by atoms with Gasteiger partial charge in [0.1, 0.15) is 5.82 Å². The third-order valence-corrected chi connectivity index (χ3v) is 3.73. The van der Waals surface area contributed by atoms with Gasteiger partial charge in [-0.1, -0.05) is 13.8 Å². The molecule has 0 saturated carbocycles. The van der Waals surface area contributed by atoms with Gasteiger partial charge < -0.3 is 14.9 Å². The van der Waals surface area contributed by atoms with Crippen molar-refractivity contribution < 1.29 is 0 Å². The summed E-state index contributed by atoms with van der Waals surface area (Å²) in [6, 6.07) is 6.25. The van der Waals surface area contributed by atoms with E-state index in [9.17, 15) is 0 Å². The molecule has 0 aliphatic carbocycles. The Labute approximate surface area is 124 Å². The van der Waals surface area contributed by atoms with E-state index in [4.69, 9.17) is 10.7 Å². The summed E-state index contributed by atoms with van der Waals surface area (Å²) in [6.45, 7) is 7.43. The number of rotatable bonds is 4. The molecule has 3 rings (SSSR count). The van der Waals surface area contributed by atoms with Crippen molar-refractivity contribution in [1.29, 1.82) is 0 Å². The molecule has 2 N–H and O–H groups in total. The minimum atomic E-state index is 0.297. The summed E-state index contributed by atoms with van der Waals surface area (Å²) < 4.78 is 4.41. The maximum absolute atomic E-state index is 5.88. The number of imidazole rings is 2. The highest BCUT2D eigenvalue weighted by atomic mass is 15.1. The van der Waals surface area contributed by atoms with E-state index < -0.39 is 0 Å². The molecule has 0 amide bonds. The molecule has 0 saturated heterocycles. The van der Waals surface area contributed by atoms with E-state index in [1.54, 1.807) is 0 Å². The van der Waals surface area contributed by atoms with E-state index in [0.29, 0.717) is 12.0 Å². The highest BCUT2D eigenvalue weighted by Crippen LogP contribution is 2.27. The Bertz CT molecular complexity index is 739. The zero-order valence-corrected chi connectivity index (χ0v) is 12.7. The van der Waals surface area contributed by atoms with Gasteiger partial charge in [0.15, 0.2) is 0 Å². The first-order valence-electron chi connectivity index (χ1n) is 7.29. The predicted molar refractivity (Wildman–Crippen MR) is 85.2 cm³/mol. The van der Waals surface area contributed by atoms with Crippen LogP contribution < -0.4 is 5.73 Å². The summed E-state index contributed by atoms with van der Waals surface area (Å²) >= 11 is 0. The highest BCUT2D eigenvalue weighted by molar-refractivity contribution is 5.80. The van der Waals surface area contributed by atoms with Crippen LogP contribution in [0.15, 0.2) is 36.9 Å². The quantitative estimate of drug-likeness (QED) is 0.748. The Morgan fingerprint density at radius 1 is 1.24 bits per heavy atom. The summed E-state index contributed by atoms with van der Waals surface area (Å²) in [5, 5.41) is 0. The molecule has 0 aliphatic heterocycles. The van der Waals surface area contributed by atoms with Crippen LogP contribution in [0.3, 0.4) is 0 Å². The predicted octanol–water partition coefficient (Wildman–Crippen LogP) is 3.20. The lowest BCUT2D eigenvalue weighted by atomic mass is 10.2. The average Bonchev–Trinajstić information content (AvgIpc) is 3.04. The fourth-order valence-electron chi connectivity index (χ4n) is 2.79. The van der Waals surface area contributed by atoms with Crippen LogP contribution >= 0.6 is 0 Å². The lowest BCUT2D eigenvalue weighted by Crippen LogP contribution is -2.15. The molecule has 1 atom stereocenters. The van der Waals surface area contributed by atoms with Crippen molar-refractivity contribution in [3.63, 3.8) is 0 Å². The lowest BCUT2D eigenvalue weighted by molar-refractivity contribution is 0.453. The van der Waals surface area contributed by atoms with Crippen LogP contribution in [-0.2, 0) is 6.54 Å². The molecule has 2 heterocycles. The Morgan fingerprint density at radius 3 is 2.71 bits per heavy atom. The van der Waals surface area contributed by atoms with Crippen LogP contribution in [0.4, 0.5) is 5.69 Å². The number of benzene rings is 1. The highest BCUT2D eigenvalue weighted by Gasteiger charge is 2.18. The van der Waals surface area contributed by atoms with Crippen LogP contribution in [0.2, 0.25) is 0 Å². The molecule has 2 aromatic heterocycles. The molecule has 110 valence electrons. The van der Waals surface area contributed by atoms with Gasteiger partial charge in [-0.05, 0) is 25.1 Å². The molecular formula is C16H21N5. The van der Waals surface area contributed by atoms with Gasteiger partial charge in [-0.2, -0.15) is 0 Å². The minimum Gasteiger partial charge on any atom is -0.399 e. The van der Waals surface area contributed by atoms with E-state index >= 15 is 0 Å². The van der Waals surface area contributed by atoms with Gasteiger partial charge >= 0.3 is 0 Å². The maximum atomic E-state index is 5.88. The molecule has 0 fully saturated rings. The first kappa shape index (κ1) is 13.7. The van der Waals surface area contributed by atoms with E-state index in [0.717, 1.165) is 29.1 Å². The van der Waals surface area contributed by atoms with E-state index in [1.807, 2.05) is 30.9 Å². The molecule has 3 aromatic rings. The molecule has 5 heteroatoms. The second kappa shape index (κ2) is 5.24. The molecule has 21 heavy (non-hydrogen) atoms. The molecule has 0 spiro atoms. The molecule has 0 bridgehead atoms. The van der Waals surface area contributed by atoms with E-state index in [2.05, 4.69) is 41.0 Å². The number of hydrogen-bond acceptors (Lipinski definition) is 3. The molecular weight excluding hydrogens is 262 g/mol. The summed E-state index contributed by atoms with van der Waals surface area (Å²) in [4.78, 5) is 8.89. The number of hydrogen-bond donors (Lipinski definition) is 1. The van der Waals surface area contributed by atoms with Gasteiger partial charge in [0.05, 0.1) is 23.4 Å². The van der Waals surface area contributed by atoms with Crippen molar-refractivity contribution in [2.75, 3.05) is 5.73 Å². The van der Waals surface area contributed by atoms with Crippen LogP contribution in [0.5, 0.6) is 0 Å². The smallest absolute Gasteiger partial charge is 0.112 e. The number of nitrogens with zero attached hydrogens (tertiary/aromatic N) is 4. The first-order chi connectivity index (χ1) is 10.1. The van der Waals surface area contributed by atoms with Crippen molar-refractivity contribution >= 4 is 16.7 Å². The van der Waals surface area contributed by atoms with Crippen LogP contribution in [-0.4, -0.2) is 19.1 Å². The molecule has 0 aliphatic rings. The normalized spacial score (nSPS) is 13.1. The third kappa shape index (κ3) is 2.51. The van der Waals surface area contributed by atoms with Gasteiger partial charge in [0.25, 0.3) is 0 Å². The van der Waals surface area contributed by atoms with Crippen molar-refractivity contribution in [3.05, 3.63) is 42.7 Å². The summed E-state index contributed by atoms with van der Waals surface area (Å²) in [7, 11) is 0. The van der Waals surface area contributed by atoms with Crippen LogP contribution in [0.25, 0.3) is 11.0 Å². The molecule has 1 unspecified atom stereocenters. The largest absolute Gasteiger partial charge is 0.399 e. The number of nitrogen functional groups attached to an aromatic ring is 1. The Kier molecular flexibility index (Phi) is 3.41. The molecule has 5 nitrogen and oxygen atoms in total. The van der Waals surface area contributed by atoms with E-state index in [1.165, 1.54) is 0 Å².